The summed E-state index contributed by atoms with van der Waals surface area (Å²) in [5.41, 5.74) is 4.59. The van der Waals surface area contributed by atoms with Crippen LogP contribution in [0.1, 0.15) is 49.7 Å². The lowest BCUT2D eigenvalue weighted by Crippen LogP contribution is -2.49. The highest BCUT2D eigenvalue weighted by Crippen LogP contribution is 2.44. The number of nitrogens with one attached hydrogen (secondary N) is 1. The summed E-state index contributed by atoms with van der Waals surface area (Å²) in [5, 5.41) is 11.6. The molecule has 2 aromatic carbocycles. The second-order valence-electron chi connectivity index (χ2n) is 8.57. The molecule has 35 heavy (non-hydrogen) atoms. The molecule has 0 unspecified atom stereocenters. The summed E-state index contributed by atoms with van der Waals surface area (Å²) in [4.78, 5) is 38.4. The van der Waals surface area contributed by atoms with Gasteiger partial charge in [-0.3, -0.25) is 9.59 Å². The van der Waals surface area contributed by atoms with Gasteiger partial charge in [0.1, 0.15) is 12.6 Å². The highest BCUT2D eigenvalue weighted by Gasteiger charge is 2.30. The van der Waals surface area contributed by atoms with Crippen LogP contribution < -0.4 is 5.32 Å². The number of likely N-dealkylation sites (N-methyl/N-ethyl adjacent to an activating group) is 1. The third-order valence-corrected chi connectivity index (χ3v) is 6.95. The van der Waals surface area contributed by atoms with E-state index in [0.29, 0.717) is 32.4 Å². The summed E-state index contributed by atoms with van der Waals surface area (Å²) in [5.74, 6) is -0.328. The SMILES string of the molecule is CCN(CCCCC(=O)O)C(=O)[C@H](CCSC)NC(=O)OCC1c2ccccc2-c2ccccc21. The third kappa shape index (κ3) is 7.01. The van der Waals surface area contributed by atoms with Gasteiger partial charge in [0.25, 0.3) is 0 Å². The molecule has 0 heterocycles. The first-order chi connectivity index (χ1) is 17.0. The maximum Gasteiger partial charge on any atom is 0.407 e. The molecule has 1 atom stereocenters. The first-order valence-electron chi connectivity index (χ1n) is 12.1. The molecule has 1 aliphatic carbocycles. The van der Waals surface area contributed by atoms with Crippen molar-refractivity contribution in [3.05, 3.63) is 59.7 Å². The molecule has 7 nitrogen and oxygen atoms in total. The van der Waals surface area contributed by atoms with Crippen LogP contribution in [0.25, 0.3) is 11.1 Å². The number of carbonyl (C=O) groups excluding carboxylic acids is 2. The summed E-state index contributed by atoms with van der Waals surface area (Å²) in [6.07, 6.45) is 3.04. The molecule has 8 heteroatoms. The average molecular weight is 499 g/mol. The van der Waals surface area contributed by atoms with E-state index in [1.165, 1.54) is 0 Å². The summed E-state index contributed by atoms with van der Waals surface area (Å²) in [6.45, 7) is 3.03. The van der Waals surface area contributed by atoms with E-state index in [1.807, 2.05) is 37.4 Å². The van der Waals surface area contributed by atoms with Gasteiger partial charge < -0.3 is 20.1 Å². The molecule has 0 aliphatic heterocycles. The Morgan fingerprint density at radius 2 is 1.69 bits per heavy atom. The van der Waals surface area contributed by atoms with Gasteiger partial charge in [0.15, 0.2) is 0 Å². The Bertz CT molecular complexity index is 983. The highest BCUT2D eigenvalue weighted by molar-refractivity contribution is 7.98. The molecule has 2 aromatic rings. The zero-order chi connectivity index (χ0) is 25.2. The number of fused-ring (bicyclic) bond motifs is 3. The van der Waals surface area contributed by atoms with E-state index in [0.717, 1.165) is 28.0 Å². The normalized spacial score (nSPS) is 13.0. The molecule has 0 saturated heterocycles. The van der Waals surface area contributed by atoms with Crippen molar-refractivity contribution >= 4 is 29.7 Å². The molecule has 0 aromatic heterocycles. The smallest absolute Gasteiger partial charge is 0.407 e. The third-order valence-electron chi connectivity index (χ3n) is 6.31. The first kappa shape index (κ1) is 26.6. The van der Waals surface area contributed by atoms with Crippen LogP contribution in [0.4, 0.5) is 4.79 Å². The molecule has 0 bridgehead atoms. The summed E-state index contributed by atoms with van der Waals surface area (Å²) in [7, 11) is 0. The van der Waals surface area contributed by atoms with E-state index in [-0.39, 0.29) is 24.9 Å². The Balaban J connectivity index is 1.61. The van der Waals surface area contributed by atoms with Crippen LogP contribution in [0.5, 0.6) is 0 Å². The number of hydrogen-bond donors (Lipinski definition) is 2. The Morgan fingerprint density at radius 3 is 2.26 bits per heavy atom. The highest BCUT2D eigenvalue weighted by atomic mass is 32.2. The van der Waals surface area contributed by atoms with Gasteiger partial charge in [0.2, 0.25) is 5.91 Å². The summed E-state index contributed by atoms with van der Waals surface area (Å²) in [6, 6.07) is 15.6. The minimum atomic E-state index is -0.839. The first-order valence-corrected chi connectivity index (χ1v) is 13.5. The maximum atomic E-state index is 13.2. The largest absolute Gasteiger partial charge is 0.481 e. The zero-order valence-corrected chi connectivity index (χ0v) is 21.2. The van der Waals surface area contributed by atoms with Crippen molar-refractivity contribution in [3.8, 4) is 11.1 Å². The monoisotopic (exact) mass is 498 g/mol. The molecule has 3 rings (SSSR count). The fourth-order valence-electron chi connectivity index (χ4n) is 4.50. The van der Waals surface area contributed by atoms with E-state index in [9.17, 15) is 14.4 Å². The molecular formula is C27H34N2O5S. The molecule has 0 radical (unpaired) electrons. The zero-order valence-electron chi connectivity index (χ0n) is 20.4. The van der Waals surface area contributed by atoms with Gasteiger partial charge in [0.05, 0.1) is 0 Å². The molecular weight excluding hydrogens is 464 g/mol. The lowest BCUT2D eigenvalue weighted by molar-refractivity contribution is -0.137. The number of carboxylic acid groups (broad SMARTS) is 1. The molecule has 2 N–H and O–H groups in total. The fourth-order valence-corrected chi connectivity index (χ4v) is 4.97. The summed E-state index contributed by atoms with van der Waals surface area (Å²) >= 11 is 1.61. The minimum absolute atomic E-state index is 0.0464. The predicted molar refractivity (Wildman–Crippen MR) is 139 cm³/mol. The van der Waals surface area contributed by atoms with Crippen LogP contribution in [-0.2, 0) is 14.3 Å². The Morgan fingerprint density at radius 1 is 1.06 bits per heavy atom. The lowest BCUT2D eigenvalue weighted by Gasteiger charge is -2.27. The van der Waals surface area contributed by atoms with Crippen LogP contribution in [0.3, 0.4) is 0 Å². The number of rotatable bonds is 13. The molecule has 1 aliphatic rings. The van der Waals surface area contributed by atoms with Gasteiger partial charge in [-0.05, 0) is 60.4 Å². The Kier molecular flexibility index (Phi) is 10.0. The fraction of sp³-hybridized carbons (Fsp3) is 0.444. The van der Waals surface area contributed by atoms with Crippen molar-refractivity contribution < 1.29 is 24.2 Å². The molecule has 188 valence electrons. The number of nitrogens with zero attached hydrogens (tertiary/aromatic N) is 1. The Labute approximate surface area is 211 Å². The Hall–Kier alpha value is -3.00. The number of hydrogen-bond acceptors (Lipinski definition) is 5. The molecule has 0 fully saturated rings. The maximum absolute atomic E-state index is 13.2. The van der Waals surface area contributed by atoms with Crippen LogP contribution in [0.15, 0.2) is 48.5 Å². The topological polar surface area (TPSA) is 95.9 Å². The van der Waals surface area contributed by atoms with Crippen molar-refractivity contribution in [2.45, 2.75) is 44.6 Å². The number of carbonyl (C=O) groups is 3. The van der Waals surface area contributed by atoms with Crippen LogP contribution in [0, 0.1) is 0 Å². The van der Waals surface area contributed by atoms with Crippen LogP contribution >= 0.6 is 11.8 Å². The number of benzene rings is 2. The van der Waals surface area contributed by atoms with Crippen molar-refractivity contribution in [1.29, 1.82) is 0 Å². The minimum Gasteiger partial charge on any atom is -0.481 e. The van der Waals surface area contributed by atoms with Crippen LogP contribution in [-0.4, -0.2) is 65.7 Å². The van der Waals surface area contributed by atoms with E-state index >= 15 is 0 Å². The van der Waals surface area contributed by atoms with Gasteiger partial charge in [-0.1, -0.05) is 48.5 Å². The predicted octanol–water partition coefficient (Wildman–Crippen LogP) is 4.75. The second kappa shape index (κ2) is 13.2. The lowest BCUT2D eigenvalue weighted by atomic mass is 9.98. The number of carboxylic acids is 1. The number of aliphatic carboxylic acids is 1. The van der Waals surface area contributed by atoms with E-state index in [1.54, 1.807) is 16.7 Å². The van der Waals surface area contributed by atoms with Gasteiger partial charge in [0, 0.05) is 25.4 Å². The van der Waals surface area contributed by atoms with Crippen molar-refractivity contribution in [1.82, 2.24) is 10.2 Å². The second-order valence-corrected chi connectivity index (χ2v) is 9.56. The number of unbranched alkanes of at least 4 members (excludes halogenated alkanes) is 1. The van der Waals surface area contributed by atoms with Crippen molar-refractivity contribution in [2.24, 2.45) is 0 Å². The summed E-state index contributed by atoms with van der Waals surface area (Å²) < 4.78 is 5.65. The van der Waals surface area contributed by atoms with Crippen molar-refractivity contribution in [3.63, 3.8) is 0 Å². The number of ether oxygens (including phenoxy) is 1. The quantitative estimate of drug-likeness (QED) is 0.387. The number of amides is 2. The van der Waals surface area contributed by atoms with E-state index in [4.69, 9.17) is 9.84 Å². The van der Waals surface area contributed by atoms with Gasteiger partial charge >= 0.3 is 12.1 Å². The van der Waals surface area contributed by atoms with Crippen molar-refractivity contribution in [2.75, 3.05) is 31.7 Å². The molecule has 2 amide bonds. The number of thioether (sulfide) groups is 1. The van der Waals surface area contributed by atoms with Gasteiger partial charge in [-0.15, -0.1) is 0 Å². The number of alkyl carbamates (subject to hydrolysis) is 1. The van der Waals surface area contributed by atoms with Gasteiger partial charge in [-0.25, -0.2) is 4.79 Å². The average Bonchev–Trinajstić information content (AvgIpc) is 3.18. The standard InChI is InChI=1S/C27H34N2O5S/c1-3-29(16-9-8-14-25(30)31)26(32)24(15-17-35-2)28-27(33)34-18-23-21-12-6-4-10-19(21)20-11-5-7-13-22(20)23/h4-7,10-13,23-24H,3,8-9,14-18H2,1-2H3,(H,28,33)(H,30,31)/t24-/m0/s1. The molecule has 0 spiro atoms. The van der Waals surface area contributed by atoms with Gasteiger partial charge in [-0.2, -0.15) is 11.8 Å². The van der Waals surface area contributed by atoms with E-state index in [2.05, 4.69) is 29.6 Å². The van der Waals surface area contributed by atoms with Crippen LogP contribution in [0.2, 0.25) is 0 Å². The molecule has 0 saturated carbocycles. The van der Waals surface area contributed by atoms with E-state index < -0.39 is 18.1 Å².